The number of Topliss-reactive ketones (excluding diaryl/α,β-unsaturated/α-hetero) is 1. The highest BCUT2D eigenvalue weighted by Crippen LogP contribution is 2.28. The van der Waals surface area contributed by atoms with Gasteiger partial charge >= 0.3 is 0 Å². The van der Waals surface area contributed by atoms with Crippen LogP contribution in [0.1, 0.15) is 39.5 Å². The molecule has 17 heavy (non-hydrogen) atoms. The number of rotatable bonds is 4. The minimum atomic E-state index is 0.230. The maximum Gasteiger partial charge on any atom is 0.149 e. The summed E-state index contributed by atoms with van der Waals surface area (Å²) in [5, 5.41) is 0. The third-order valence-corrected chi connectivity index (χ3v) is 4.77. The van der Waals surface area contributed by atoms with Crippen LogP contribution in [0.4, 0.5) is 0 Å². The number of likely N-dealkylation sites (N-methyl/N-ethyl adjacent to an activating group) is 1. The van der Waals surface area contributed by atoms with Crippen LogP contribution < -0.4 is 0 Å². The second-order valence-electron chi connectivity index (χ2n) is 5.85. The highest BCUT2D eigenvalue weighted by Gasteiger charge is 2.35. The van der Waals surface area contributed by atoms with Crippen LogP contribution in [0.2, 0.25) is 0 Å². The Morgan fingerprint density at radius 2 is 2.00 bits per heavy atom. The first-order valence-electron chi connectivity index (χ1n) is 7.08. The van der Waals surface area contributed by atoms with Gasteiger partial charge in [-0.1, -0.05) is 13.8 Å². The smallest absolute Gasteiger partial charge is 0.149 e. The molecule has 2 rings (SSSR count). The van der Waals surface area contributed by atoms with Crippen LogP contribution in [0.25, 0.3) is 0 Å². The van der Waals surface area contributed by atoms with Crippen LogP contribution in [-0.4, -0.2) is 54.3 Å². The number of ketones is 1. The molecule has 2 heterocycles. The summed E-state index contributed by atoms with van der Waals surface area (Å²) in [7, 11) is 2.25. The van der Waals surface area contributed by atoms with Gasteiger partial charge in [-0.05, 0) is 32.7 Å². The van der Waals surface area contributed by atoms with Crippen molar-refractivity contribution in [2.75, 3.05) is 26.7 Å². The maximum atomic E-state index is 12.0. The van der Waals surface area contributed by atoms with Crippen LogP contribution >= 0.6 is 0 Å². The van der Waals surface area contributed by atoms with E-state index in [0.717, 1.165) is 25.6 Å². The Labute approximate surface area is 105 Å². The van der Waals surface area contributed by atoms with Gasteiger partial charge in [-0.25, -0.2) is 0 Å². The lowest BCUT2D eigenvalue weighted by atomic mass is 10.0. The summed E-state index contributed by atoms with van der Waals surface area (Å²) in [4.78, 5) is 16.9. The van der Waals surface area contributed by atoms with E-state index in [2.05, 4.69) is 30.7 Å². The van der Waals surface area contributed by atoms with E-state index in [1.807, 2.05) is 0 Å². The van der Waals surface area contributed by atoms with E-state index in [-0.39, 0.29) is 5.92 Å². The molecule has 2 fully saturated rings. The average Bonchev–Trinajstić information content (AvgIpc) is 2.56. The van der Waals surface area contributed by atoms with Gasteiger partial charge in [0.15, 0.2) is 0 Å². The van der Waals surface area contributed by atoms with Gasteiger partial charge in [0.05, 0.1) is 6.54 Å². The highest BCUT2D eigenvalue weighted by atomic mass is 16.1. The van der Waals surface area contributed by atoms with Gasteiger partial charge in [0, 0.05) is 31.1 Å². The Hall–Kier alpha value is -0.410. The molecule has 0 aliphatic carbocycles. The zero-order valence-corrected chi connectivity index (χ0v) is 11.5. The number of hydrogen-bond donors (Lipinski definition) is 0. The van der Waals surface area contributed by atoms with Crippen molar-refractivity contribution in [3.8, 4) is 0 Å². The van der Waals surface area contributed by atoms with Crippen molar-refractivity contribution in [1.82, 2.24) is 9.80 Å². The number of carbonyl (C=O) groups excluding carboxylic acids is 1. The van der Waals surface area contributed by atoms with Crippen molar-refractivity contribution in [2.45, 2.75) is 51.6 Å². The van der Waals surface area contributed by atoms with Gasteiger partial charge in [-0.2, -0.15) is 0 Å². The van der Waals surface area contributed by atoms with E-state index >= 15 is 0 Å². The van der Waals surface area contributed by atoms with E-state index < -0.39 is 0 Å². The molecule has 0 saturated carbocycles. The van der Waals surface area contributed by atoms with Gasteiger partial charge in [0.25, 0.3) is 0 Å². The van der Waals surface area contributed by atoms with Crippen molar-refractivity contribution in [2.24, 2.45) is 5.92 Å². The molecule has 2 bridgehead atoms. The molecule has 3 unspecified atom stereocenters. The van der Waals surface area contributed by atoms with E-state index in [1.54, 1.807) is 0 Å². The third-order valence-electron chi connectivity index (χ3n) is 4.77. The normalized spacial score (nSPS) is 32.4. The third kappa shape index (κ3) is 2.89. The molecule has 3 atom stereocenters. The maximum absolute atomic E-state index is 12.0. The number of hydrogen-bond acceptors (Lipinski definition) is 3. The van der Waals surface area contributed by atoms with E-state index in [1.165, 1.54) is 19.3 Å². The van der Waals surface area contributed by atoms with Crippen molar-refractivity contribution in [3.63, 3.8) is 0 Å². The number of fused-ring (bicyclic) bond motifs is 2. The van der Waals surface area contributed by atoms with E-state index in [4.69, 9.17) is 0 Å². The summed E-state index contributed by atoms with van der Waals surface area (Å²) in [5.74, 6) is 0.654. The number of nitrogens with zero attached hydrogens (tertiary/aromatic N) is 2. The van der Waals surface area contributed by atoms with Crippen LogP contribution in [0, 0.1) is 5.92 Å². The van der Waals surface area contributed by atoms with Gasteiger partial charge in [0.1, 0.15) is 5.78 Å². The topological polar surface area (TPSA) is 23.6 Å². The lowest BCUT2D eigenvalue weighted by molar-refractivity contribution is -0.123. The minimum Gasteiger partial charge on any atom is -0.299 e. The first-order valence-corrected chi connectivity index (χ1v) is 7.08. The SMILES string of the molecule is CCC(C)C(=O)CN1CCC2CCC(C1)N2C. The first kappa shape index (κ1) is 13.0. The lowest BCUT2D eigenvalue weighted by Crippen LogP contribution is -2.39. The molecule has 0 amide bonds. The summed E-state index contributed by atoms with van der Waals surface area (Å²) in [5.41, 5.74) is 0. The Morgan fingerprint density at radius 1 is 1.29 bits per heavy atom. The monoisotopic (exact) mass is 238 g/mol. The molecule has 2 aliphatic heterocycles. The molecular formula is C14H26N2O. The van der Waals surface area contributed by atoms with Crippen molar-refractivity contribution in [3.05, 3.63) is 0 Å². The molecule has 0 N–H and O–H groups in total. The van der Waals surface area contributed by atoms with Crippen LogP contribution in [-0.2, 0) is 4.79 Å². The number of likely N-dealkylation sites (tertiary alicyclic amines) is 1. The molecule has 2 aliphatic rings. The molecule has 2 saturated heterocycles. The van der Waals surface area contributed by atoms with Crippen LogP contribution in [0.15, 0.2) is 0 Å². The molecule has 0 spiro atoms. The van der Waals surface area contributed by atoms with Crippen LogP contribution in [0.3, 0.4) is 0 Å². The van der Waals surface area contributed by atoms with Crippen molar-refractivity contribution >= 4 is 5.78 Å². The largest absolute Gasteiger partial charge is 0.299 e. The van der Waals surface area contributed by atoms with Crippen molar-refractivity contribution in [1.29, 1.82) is 0 Å². The molecule has 98 valence electrons. The molecule has 0 aromatic carbocycles. The quantitative estimate of drug-likeness (QED) is 0.746. The van der Waals surface area contributed by atoms with E-state index in [0.29, 0.717) is 18.4 Å². The predicted octanol–water partition coefficient (Wildman–Crippen LogP) is 1.77. The Balaban J connectivity index is 1.89. The van der Waals surface area contributed by atoms with Crippen molar-refractivity contribution < 1.29 is 4.79 Å². The molecule has 0 aromatic rings. The predicted molar refractivity (Wildman–Crippen MR) is 70.1 cm³/mol. The van der Waals surface area contributed by atoms with Gasteiger partial charge in [-0.3, -0.25) is 14.6 Å². The summed E-state index contributed by atoms with van der Waals surface area (Å²) in [6.45, 7) is 7.02. The molecule has 3 nitrogen and oxygen atoms in total. The lowest BCUT2D eigenvalue weighted by Gasteiger charge is -2.25. The standard InChI is InChI=1S/C14H26N2O/c1-4-11(2)14(17)10-16-8-7-12-5-6-13(9-16)15(12)3/h11-13H,4-10H2,1-3H3. The fraction of sp³-hybridized carbons (Fsp3) is 0.929. The Kier molecular flexibility index (Phi) is 4.21. The summed E-state index contributed by atoms with van der Waals surface area (Å²) >= 11 is 0. The average molecular weight is 238 g/mol. The van der Waals surface area contributed by atoms with E-state index in [9.17, 15) is 4.79 Å². The molecular weight excluding hydrogens is 212 g/mol. The zero-order valence-electron chi connectivity index (χ0n) is 11.5. The number of carbonyl (C=O) groups is 1. The Morgan fingerprint density at radius 3 is 2.71 bits per heavy atom. The second kappa shape index (κ2) is 5.49. The second-order valence-corrected chi connectivity index (χ2v) is 5.85. The Bertz CT molecular complexity index is 279. The minimum absolute atomic E-state index is 0.230. The summed E-state index contributed by atoms with van der Waals surface area (Å²) in [6, 6.07) is 1.45. The fourth-order valence-electron chi connectivity index (χ4n) is 3.13. The van der Waals surface area contributed by atoms with Gasteiger partial charge in [0.2, 0.25) is 0 Å². The summed E-state index contributed by atoms with van der Waals surface area (Å²) in [6.07, 6.45) is 4.88. The van der Waals surface area contributed by atoms with Gasteiger partial charge < -0.3 is 0 Å². The zero-order chi connectivity index (χ0) is 12.4. The fourth-order valence-corrected chi connectivity index (χ4v) is 3.13. The molecule has 0 aromatic heterocycles. The molecule has 3 heteroatoms. The first-order chi connectivity index (χ1) is 8.11. The highest BCUT2D eigenvalue weighted by molar-refractivity contribution is 5.82. The summed E-state index contributed by atoms with van der Waals surface area (Å²) < 4.78 is 0. The molecule has 0 radical (unpaired) electrons. The van der Waals surface area contributed by atoms with Crippen LogP contribution in [0.5, 0.6) is 0 Å². The van der Waals surface area contributed by atoms with Gasteiger partial charge in [-0.15, -0.1) is 0 Å².